The van der Waals surface area contributed by atoms with E-state index >= 15 is 0 Å². The molecule has 64 valence electrons. The van der Waals surface area contributed by atoms with Gasteiger partial charge in [-0.2, -0.15) is 0 Å². The zero-order valence-corrected chi connectivity index (χ0v) is 8.67. The zero-order chi connectivity index (χ0) is 8.65. The van der Waals surface area contributed by atoms with Crippen molar-refractivity contribution in [3.8, 4) is 0 Å². The smallest absolute Gasteiger partial charge is 0.0484 e. The predicted octanol–water partition coefficient (Wildman–Crippen LogP) is 2.12. The van der Waals surface area contributed by atoms with Gasteiger partial charge in [-0.3, -0.25) is 0 Å². The van der Waals surface area contributed by atoms with Crippen molar-refractivity contribution in [2.24, 2.45) is 11.8 Å². The molecule has 0 spiro atoms. The lowest BCUT2D eigenvalue weighted by Crippen LogP contribution is -2.21. The van der Waals surface area contributed by atoms with Crippen LogP contribution in [0, 0.1) is 11.8 Å². The van der Waals surface area contributed by atoms with Gasteiger partial charge in [-0.15, -0.1) is 6.58 Å². The summed E-state index contributed by atoms with van der Waals surface area (Å²) in [5.41, 5.74) is 0.782. The number of hydrogen-bond donors (Lipinski definition) is 1. The van der Waals surface area contributed by atoms with Crippen molar-refractivity contribution in [3.63, 3.8) is 0 Å². The molecule has 0 aromatic heterocycles. The maximum Gasteiger partial charge on any atom is 0.0484 e. The highest BCUT2D eigenvalue weighted by Gasteiger charge is 2.53. The average molecular weight is 170 g/mol. The average Bonchev–Trinajstić information content (AvgIpc) is 2.58. The normalized spacial score (nSPS) is 36.9. The van der Waals surface area contributed by atoms with E-state index in [-0.39, 0.29) is 0 Å². The van der Waals surface area contributed by atoms with Crippen molar-refractivity contribution in [2.75, 3.05) is 6.61 Å². The van der Waals surface area contributed by atoms with Crippen LogP contribution in [-0.2, 0) is 0 Å². The Morgan fingerprint density at radius 2 is 2.00 bits per heavy atom. The summed E-state index contributed by atoms with van der Waals surface area (Å²) in [7, 11) is -1.02. The molecule has 2 heteroatoms. The van der Waals surface area contributed by atoms with Crippen LogP contribution in [0.3, 0.4) is 0 Å². The number of rotatable bonds is 3. The summed E-state index contributed by atoms with van der Waals surface area (Å²) >= 11 is 0. The van der Waals surface area contributed by atoms with Crippen LogP contribution < -0.4 is 0 Å². The van der Waals surface area contributed by atoms with E-state index in [9.17, 15) is 0 Å². The van der Waals surface area contributed by atoms with E-state index in [1.54, 1.807) is 0 Å². The molecule has 0 saturated heterocycles. The third kappa shape index (κ3) is 1.57. The molecule has 0 unspecified atom stereocenters. The van der Waals surface area contributed by atoms with Crippen LogP contribution in [0.1, 0.15) is 0 Å². The Morgan fingerprint density at radius 3 is 2.09 bits per heavy atom. The minimum atomic E-state index is -1.02. The second-order valence-corrected chi connectivity index (χ2v) is 9.95. The fraction of sp³-hybridized carbons (Fsp3) is 0.778. The molecule has 0 amide bonds. The lowest BCUT2D eigenvalue weighted by Gasteiger charge is -2.15. The Hall–Kier alpha value is -0.0831. The largest absolute Gasteiger partial charge is 0.396 e. The molecule has 1 aliphatic rings. The summed E-state index contributed by atoms with van der Waals surface area (Å²) in [6.45, 7) is 11.2. The second kappa shape index (κ2) is 2.76. The van der Waals surface area contributed by atoms with Crippen LogP contribution >= 0.6 is 0 Å². The number of aliphatic hydroxyl groups is 1. The first-order chi connectivity index (χ1) is 5.02. The molecule has 1 rings (SSSR count). The quantitative estimate of drug-likeness (QED) is 0.508. The molecule has 3 atom stereocenters. The Morgan fingerprint density at radius 1 is 1.45 bits per heavy atom. The summed E-state index contributed by atoms with van der Waals surface area (Å²) < 4.78 is 0. The van der Waals surface area contributed by atoms with Gasteiger partial charge in [0.15, 0.2) is 0 Å². The van der Waals surface area contributed by atoms with Crippen LogP contribution in [0.25, 0.3) is 0 Å². The number of hydrogen-bond acceptors (Lipinski definition) is 1. The van der Waals surface area contributed by atoms with E-state index in [0.717, 1.165) is 5.54 Å². The van der Waals surface area contributed by atoms with Gasteiger partial charge >= 0.3 is 0 Å². The molecule has 0 bridgehead atoms. The van der Waals surface area contributed by atoms with Crippen molar-refractivity contribution >= 4 is 8.07 Å². The molecule has 0 aliphatic heterocycles. The molecular weight excluding hydrogens is 152 g/mol. The molecule has 1 aliphatic carbocycles. The van der Waals surface area contributed by atoms with E-state index in [2.05, 4.69) is 26.2 Å². The van der Waals surface area contributed by atoms with E-state index in [1.165, 1.54) is 0 Å². The van der Waals surface area contributed by atoms with Gasteiger partial charge in [-0.05, 0) is 17.4 Å². The Bertz CT molecular complexity index is 159. The maximum atomic E-state index is 9.02. The molecule has 1 N–H and O–H groups in total. The lowest BCUT2D eigenvalue weighted by molar-refractivity contribution is 0.272. The third-order valence-electron chi connectivity index (χ3n) is 2.71. The van der Waals surface area contributed by atoms with Crippen molar-refractivity contribution in [2.45, 2.75) is 25.2 Å². The van der Waals surface area contributed by atoms with Crippen molar-refractivity contribution in [3.05, 3.63) is 12.7 Å². The van der Waals surface area contributed by atoms with Gasteiger partial charge in [-0.1, -0.05) is 25.7 Å². The molecular formula is C9H18OSi. The van der Waals surface area contributed by atoms with E-state index in [1.807, 2.05) is 6.08 Å². The topological polar surface area (TPSA) is 20.2 Å². The minimum Gasteiger partial charge on any atom is -0.396 e. The molecule has 1 fully saturated rings. The minimum absolute atomic E-state index is 0.353. The van der Waals surface area contributed by atoms with E-state index in [0.29, 0.717) is 18.4 Å². The monoisotopic (exact) mass is 170 g/mol. The lowest BCUT2D eigenvalue weighted by atomic mass is 10.3. The summed E-state index contributed by atoms with van der Waals surface area (Å²) in [4.78, 5) is 0. The molecule has 1 saturated carbocycles. The fourth-order valence-corrected chi connectivity index (χ4v) is 5.22. The van der Waals surface area contributed by atoms with Crippen LogP contribution in [0.2, 0.25) is 25.2 Å². The standard InChI is InChI=1S/C9H18OSi/c1-5-7-8(6-10)9(7)11(2,3)4/h5,7-10H,1,6H2,2-4H3/t7-,8+,9+/m0/s1. The van der Waals surface area contributed by atoms with Crippen LogP contribution in [0.5, 0.6) is 0 Å². The highest BCUT2D eigenvalue weighted by Crippen LogP contribution is 2.57. The third-order valence-corrected chi connectivity index (χ3v) is 5.53. The summed E-state index contributed by atoms with van der Waals surface area (Å²) in [6, 6.07) is 0. The number of aliphatic hydroxyl groups excluding tert-OH is 1. The van der Waals surface area contributed by atoms with Crippen LogP contribution in [0.4, 0.5) is 0 Å². The van der Waals surface area contributed by atoms with Crippen LogP contribution in [0.15, 0.2) is 12.7 Å². The first kappa shape index (κ1) is 9.01. The number of allylic oxidation sites excluding steroid dienone is 1. The van der Waals surface area contributed by atoms with Crippen molar-refractivity contribution in [1.82, 2.24) is 0 Å². The highest BCUT2D eigenvalue weighted by atomic mass is 28.3. The van der Waals surface area contributed by atoms with Gasteiger partial charge in [0, 0.05) is 14.7 Å². The van der Waals surface area contributed by atoms with E-state index in [4.69, 9.17) is 5.11 Å². The summed E-state index contributed by atoms with van der Waals surface area (Å²) in [5.74, 6) is 1.16. The van der Waals surface area contributed by atoms with Gasteiger partial charge in [0.1, 0.15) is 0 Å². The SMILES string of the molecule is C=C[C@H]1[C@@H](CO)[C@@H]1[Si](C)(C)C. The van der Waals surface area contributed by atoms with Gasteiger partial charge in [0.2, 0.25) is 0 Å². The Labute approximate surface area is 70.1 Å². The Kier molecular flexibility index (Phi) is 2.26. The molecule has 0 aromatic carbocycles. The van der Waals surface area contributed by atoms with Gasteiger partial charge in [-0.25, -0.2) is 0 Å². The summed E-state index contributed by atoms with van der Waals surface area (Å²) in [5, 5.41) is 9.02. The fourth-order valence-electron chi connectivity index (χ4n) is 2.18. The molecule has 0 aromatic rings. The van der Waals surface area contributed by atoms with Gasteiger partial charge < -0.3 is 5.11 Å². The first-order valence-corrected chi connectivity index (χ1v) is 7.83. The van der Waals surface area contributed by atoms with Crippen molar-refractivity contribution in [1.29, 1.82) is 0 Å². The molecule has 0 radical (unpaired) electrons. The molecule has 0 heterocycles. The highest BCUT2D eigenvalue weighted by molar-refractivity contribution is 6.78. The van der Waals surface area contributed by atoms with E-state index < -0.39 is 8.07 Å². The molecule has 11 heavy (non-hydrogen) atoms. The van der Waals surface area contributed by atoms with Gasteiger partial charge in [0.05, 0.1) is 0 Å². The van der Waals surface area contributed by atoms with Gasteiger partial charge in [0.25, 0.3) is 0 Å². The predicted molar refractivity (Wildman–Crippen MR) is 51.4 cm³/mol. The maximum absolute atomic E-state index is 9.02. The second-order valence-electron chi connectivity index (χ2n) is 4.55. The Balaban J connectivity index is 2.58. The molecule has 1 nitrogen and oxygen atoms in total. The first-order valence-electron chi connectivity index (χ1n) is 4.25. The zero-order valence-electron chi connectivity index (χ0n) is 7.67. The van der Waals surface area contributed by atoms with Crippen LogP contribution in [-0.4, -0.2) is 19.8 Å². The van der Waals surface area contributed by atoms with Crippen molar-refractivity contribution < 1.29 is 5.11 Å². The summed E-state index contributed by atoms with van der Waals surface area (Å²) in [6.07, 6.45) is 2.02.